The highest BCUT2D eigenvalue weighted by Gasteiger charge is 2.39. The number of ether oxygens (including phenoxy) is 1. The van der Waals surface area contributed by atoms with E-state index in [1.165, 1.54) is 37.1 Å². The zero-order valence-electron chi connectivity index (χ0n) is 26.6. The molecular weight excluding hydrogens is 684 g/mol. The van der Waals surface area contributed by atoms with Crippen molar-refractivity contribution in [3.63, 3.8) is 0 Å². The van der Waals surface area contributed by atoms with Gasteiger partial charge in [-0.25, -0.2) is 18.0 Å². The minimum absolute atomic E-state index is 0.0131. The number of fused-ring (bicyclic) bond motifs is 1. The Labute approximate surface area is 280 Å². The van der Waals surface area contributed by atoms with Crippen LogP contribution in [0.25, 0.3) is 10.9 Å². The van der Waals surface area contributed by atoms with Crippen molar-refractivity contribution in [2.75, 3.05) is 25.9 Å². The molecule has 0 radical (unpaired) electrons. The number of likely N-dealkylation sites (N-methyl/N-ethyl adjacent to an activating group) is 1. The van der Waals surface area contributed by atoms with Crippen LogP contribution < -0.4 is 16.6 Å². The maximum Gasteiger partial charge on any atom is 0.416 e. The number of hydrogen-bond acceptors (Lipinski definition) is 7. The molecule has 1 aromatic heterocycles. The van der Waals surface area contributed by atoms with Crippen LogP contribution in [0.15, 0.2) is 38.8 Å². The summed E-state index contributed by atoms with van der Waals surface area (Å²) in [5.74, 6) is -0.536. The fourth-order valence-corrected chi connectivity index (χ4v) is 7.43. The molecule has 2 heterocycles. The molecule has 0 spiro atoms. The van der Waals surface area contributed by atoms with Crippen LogP contribution in [-0.2, 0) is 33.7 Å². The lowest BCUT2D eigenvalue weighted by molar-refractivity contribution is -0.138. The summed E-state index contributed by atoms with van der Waals surface area (Å²) in [6, 6.07) is 3.71. The van der Waals surface area contributed by atoms with Crippen LogP contribution in [0.5, 0.6) is 0 Å². The van der Waals surface area contributed by atoms with Crippen molar-refractivity contribution >= 4 is 50.0 Å². The lowest BCUT2D eigenvalue weighted by Gasteiger charge is -2.38. The van der Waals surface area contributed by atoms with E-state index in [0.717, 1.165) is 13.0 Å². The summed E-state index contributed by atoms with van der Waals surface area (Å²) >= 11 is 12.7. The molecule has 258 valence electrons. The summed E-state index contributed by atoms with van der Waals surface area (Å²) in [5, 5.41) is 2.34. The van der Waals surface area contributed by atoms with Crippen LogP contribution in [-0.4, -0.2) is 66.5 Å². The van der Waals surface area contributed by atoms with Crippen molar-refractivity contribution in [2.24, 2.45) is 5.92 Å². The van der Waals surface area contributed by atoms with E-state index in [0.29, 0.717) is 23.6 Å². The first-order chi connectivity index (χ1) is 21.7. The monoisotopic (exact) mass is 720 g/mol. The van der Waals surface area contributed by atoms with Crippen molar-refractivity contribution in [1.82, 2.24) is 19.8 Å². The number of nitrogens with one attached hydrogen (secondary N) is 2. The third-order valence-corrected chi connectivity index (χ3v) is 10.6. The number of sulfone groups is 1. The molecule has 2 atom stereocenters. The molecule has 3 aromatic rings. The van der Waals surface area contributed by atoms with E-state index in [2.05, 4.69) is 10.3 Å². The first-order valence-electron chi connectivity index (χ1n) is 15.0. The first kappa shape index (κ1) is 36.8. The van der Waals surface area contributed by atoms with E-state index in [4.69, 9.17) is 27.9 Å². The Kier molecular flexibility index (Phi) is 10.8. The fourth-order valence-electron chi connectivity index (χ4n) is 5.80. The number of H-pyrrole nitrogens is 1. The van der Waals surface area contributed by atoms with Gasteiger partial charge in [0.25, 0.3) is 5.56 Å². The summed E-state index contributed by atoms with van der Waals surface area (Å²) in [4.78, 5) is 43.6. The smallest absolute Gasteiger partial charge is 0.416 e. The average molecular weight is 722 g/mol. The largest absolute Gasteiger partial charge is 0.444 e. The Bertz CT molecular complexity index is 1900. The second-order valence-electron chi connectivity index (χ2n) is 12.6. The lowest BCUT2D eigenvalue weighted by atomic mass is 9.85. The molecule has 0 bridgehead atoms. The summed E-state index contributed by atoms with van der Waals surface area (Å²) < 4.78 is 75.7. The van der Waals surface area contributed by atoms with E-state index >= 15 is 0 Å². The number of hydrogen-bond donors (Lipinski definition) is 2. The van der Waals surface area contributed by atoms with Gasteiger partial charge in [-0.15, -0.1) is 0 Å². The number of carbonyl (C=O) groups excluding carboxylic acids is 1. The van der Waals surface area contributed by atoms with Gasteiger partial charge in [0.15, 0.2) is 9.84 Å². The van der Waals surface area contributed by atoms with Gasteiger partial charge in [0, 0.05) is 18.1 Å². The van der Waals surface area contributed by atoms with Crippen LogP contribution in [0, 0.1) is 5.92 Å². The van der Waals surface area contributed by atoms with Gasteiger partial charge >= 0.3 is 18.0 Å². The molecule has 10 nitrogen and oxygen atoms in total. The molecule has 4 rings (SSSR count). The Hall–Kier alpha value is -3.07. The second-order valence-corrected chi connectivity index (χ2v) is 15.6. The predicted octanol–water partition coefficient (Wildman–Crippen LogP) is 5.63. The molecule has 1 unspecified atom stereocenters. The molecule has 0 aliphatic carbocycles. The molecule has 47 heavy (non-hydrogen) atoms. The van der Waals surface area contributed by atoms with Crippen LogP contribution in [0.3, 0.4) is 0 Å². The molecule has 1 aliphatic rings. The number of alkyl halides is 3. The number of nitrogens with zero attached hydrogens (tertiary/aromatic N) is 2. The topological polar surface area (TPSA) is 131 Å². The van der Waals surface area contributed by atoms with Crippen LogP contribution in [0.2, 0.25) is 10.0 Å². The molecule has 1 aliphatic heterocycles. The summed E-state index contributed by atoms with van der Waals surface area (Å²) in [6.45, 7) is 7.02. The van der Waals surface area contributed by atoms with E-state index in [1.54, 1.807) is 20.8 Å². The second kappa shape index (κ2) is 13.8. The van der Waals surface area contributed by atoms with Gasteiger partial charge < -0.3 is 19.9 Å². The number of aromatic amines is 1. The fraction of sp³-hybridized carbons (Fsp3) is 0.516. The SMILES string of the molecule is CCS(=O)(=O)c1ccc(Cl)cc1Cn1c(=O)[nH]c2c(Cl)c(C[C@H](C3CCCNC3)N(C)C(=O)OC(C)(C)C)c(C(F)(F)F)cc2c1=O. The van der Waals surface area contributed by atoms with E-state index in [9.17, 15) is 36.0 Å². The van der Waals surface area contributed by atoms with Gasteiger partial charge in [-0.05, 0) is 94.4 Å². The van der Waals surface area contributed by atoms with Crippen LogP contribution in [0.1, 0.15) is 57.2 Å². The minimum Gasteiger partial charge on any atom is -0.444 e. The first-order valence-corrected chi connectivity index (χ1v) is 17.4. The van der Waals surface area contributed by atoms with Gasteiger partial charge in [-0.3, -0.25) is 9.36 Å². The molecule has 2 aromatic carbocycles. The zero-order chi connectivity index (χ0) is 35.1. The maximum absolute atomic E-state index is 14.7. The number of halogens is 5. The van der Waals surface area contributed by atoms with E-state index in [-0.39, 0.29) is 39.1 Å². The Morgan fingerprint density at radius 1 is 1.17 bits per heavy atom. The quantitative estimate of drug-likeness (QED) is 0.308. The summed E-state index contributed by atoms with van der Waals surface area (Å²) in [7, 11) is -2.36. The Morgan fingerprint density at radius 3 is 2.43 bits per heavy atom. The standard InChI is InChI=1S/C31H37Cl2F3N4O6S/c1-6-47(44,45)24-10-9-19(32)12-18(24)16-40-27(41)21-13-22(31(34,35)36)20(25(33)26(21)38-28(40)42)14-23(17-8-7-11-37-15-17)39(5)29(43)46-30(2,3)4/h9-10,12-13,17,23,37H,6-8,11,14-16H2,1-5H3,(H,38,42)/t17?,23-/m1/s1. The molecule has 2 N–H and O–H groups in total. The summed E-state index contributed by atoms with van der Waals surface area (Å²) in [5.41, 5.74) is -4.88. The molecule has 1 fully saturated rings. The number of aromatic nitrogens is 2. The number of carbonyl (C=O) groups is 1. The van der Waals surface area contributed by atoms with Gasteiger partial charge in [0.2, 0.25) is 0 Å². The Morgan fingerprint density at radius 2 is 1.85 bits per heavy atom. The van der Waals surface area contributed by atoms with Gasteiger partial charge in [-0.2, -0.15) is 13.2 Å². The predicted molar refractivity (Wildman–Crippen MR) is 174 cm³/mol. The van der Waals surface area contributed by atoms with Gasteiger partial charge in [-0.1, -0.05) is 30.1 Å². The van der Waals surface area contributed by atoms with Crippen molar-refractivity contribution < 1.29 is 31.1 Å². The van der Waals surface area contributed by atoms with Crippen LogP contribution in [0.4, 0.5) is 18.0 Å². The number of benzene rings is 2. The van der Waals surface area contributed by atoms with Gasteiger partial charge in [0.1, 0.15) is 5.60 Å². The lowest BCUT2D eigenvalue weighted by Crippen LogP contribution is -2.49. The van der Waals surface area contributed by atoms with Crippen molar-refractivity contribution in [3.8, 4) is 0 Å². The van der Waals surface area contributed by atoms with Crippen LogP contribution >= 0.6 is 23.2 Å². The normalized spacial score (nSPS) is 16.7. The molecule has 1 amide bonds. The van der Waals surface area contributed by atoms with Gasteiger partial charge in [0.05, 0.1) is 38.7 Å². The number of piperidine rings is 1. The highest BCUT2D eigenvalue weighted by atomic mass is 35.5. The zero-order valence-corrected chi connectivity index (χ0v) is 28.9. The number of rotatable bonds is 8. The highest BCUT2D eigenvalue weighted by Crippen LogP contribution is 2.40. The third-order valence-electron chi connectivity index (χ3n) is 8.16. The molecule has 16 heteroatoms. The third kappa shape index (κ3) is 8.15. The summed E-state index contributed by atoms with van der Waals surface area (Å²) in [6.07, 6.45) is -4.69. The number of amides is 1. The molecule has 0 saturated carbocycles. The van der Waals surface area contributed by atoms with Crippen molar-refractivity contribution in [2.45, 2.75) is 76.2 Å². The van der Waals surface area contributed by atoms with Crippen molar-refractivity contribution in [1.29, 1.82) is 0 Å². The highest BCUT2D eigenvalue weighted by molar-refractivity contribution is 7.91. The molecular formula is C31H37Cl2F3N4O6S. The average Bonchev–Trinajstić information content (AvgIpc) is 2.97. The van der Waals surface area contributed by atoms with E-state index in [1.807, 2.05) is 0 Å². The Balaban J connectivity index is 1.89. The van der Waals surface area contributed by atoms with Crippen molar-refractivity contribution in [3.05, 3.63) is 71.8 Å². The minimum atomic E-state index is -4.98. The maximum atomic E-state index is 14.7. The van der Waals surface area contributed by atoms with E-state index < -0.39 is 73.1 Å². The molecule has 1 saturated heterocycles.